The molecule has 0 aliphatic carbocycles. The lowest BCUT2D eigenvalue weighted by Crippen LogP contribution is -2.25. The van der Waals surface area contributed by atoms with E-state index in [1.54, 1.807) is 24.3 Å². The average Bonchev–Trinajstić information content (AvgIpc) is 3.18. The largest absolute Gasteiger partial charge is 0.496 e. The molecule has 0 fully saturated rings. The standard InChI is InChI=1S/C20H16F3N3O3/c1-29-17-8-3-2-6-14(17)11-24-19(28)16-10-18(20(21,22)23)25-26(16)15-7-4-5-13(9-15)12-27/h2-10,12H,11H2,1H3,(H,24,28). The van der Waals surface area contributed by atoms with E-state index in [0.717, 1.165) is 4.68 Å². The second-order valence-electron chi connectivity index (χ2n) is 6.03. The van der Waals surface area contributed by atoms with Crippen LogP contribution in [0.15, 0.2) is 54.6 Å². The van der Waals surface area contributed by atoms with Crippen molar-refractivity contribution in [1.82, 2.24) is 15.1 Å². The fourth-order valence-electron chi connectivity index (χ4n) is 2.72. The van der Waals surface area contributed by atoms with Crippen LogP contribution in [-0.2, 0) is 12.7 Å². The molecule has 150 valence electrons. The number of ether oxygens (including phenoxy) is 1. The number of carbonyl (C=O) groups is 2. The summed E-state index contributed by atoms with van der Waals surface area (Å²) in [5.41, 5.74) is -0.459. The SMILES string of the molecule is COc1ccccc1CNC(=O)c1cc(C(F)(F)F)nn1-c1cccc(C=O)c1. The van der Waals surface area contributed by atoms with Crippen LogP contribution in [0.1, 0.15) is 32.1 Å². The van der Waals surface area contributed by atoms with Gasteiger partial charge in [0.2, 0.25) is 0 Å². The molecular weight excluding hydrogens is 387 g/mol. The molecule has 0 saturated carbocycles. The van der Waals surface area contributed by atoms with E-state index in [-0.39, 0.29) is 23.5 Å². The highest BCUT2D eigenvalue weighted by atomic mass is 19.4. The molecule has 0 radical (unpaired) electrons. The Balaban J connectivity index is 1.95. The minimum Gasteiger partial charge on any atom is -0.496 e. The molecule has 6 nitrogen and oxygen atoms in total. The molecule has 3 aromatic rings. The Morgan fingerprint density at radius 1 is 1.17 bits per heavy atom. The minimum absolute atomic E-state index is 0.0454. The van der Waals surface area contributed by atoms with E-state index in [2.05, 4.69) is 10.4 Å². The number of halogens is 3. The van der Waals surface area contributed by atoms with Gasteiger partial charge in [-0.1, -0.05) is 30.3 Å². The molecule has 2 aromatic carbocycles. The zero-order valence-corrected chi connectivity index (χ0v) is 15.2. The van der Waals surface area contributed by atoms with Crippen LogP contribution in [0.2, 0.25) is 0 Å². The summed E-state index contributed by atoms with van der Waals surface area (Å²) in [6.45, 7) is 0.0454. The molecule has 0 aliphatic heterocycles. The third kappa shape index (κ3) is 4.45. The molecule has 0 aliphatic rings. The summed E-state index contributed by atoms with van der Waals surface area (Å²) >= 11 is 0. The van der Waals surface area contributed by atoms with Gasteiger partial charge in [0, 0.05) is 23.7 Å². The molecule has 0 spiro atoms. The van der Waals surface area contributed by atoms with Gasteiger partial charge in [-0.15, -0.1) is 0 Å². The van der Waals surface area contributed by atoms with Crippen LogP contribution in [0.25, 0.3) is 5.69 Å². The summed E-state index contributed by atoms with van der Waals surface area (Å²) in [6, 6.07) is 13.4. The lowest BCUT2D eigenvalue weighted by molar-refractivity contribution is -0.141. The molecule has 1 amide bonds. The number of benzene rings is 2. The predicted molar refractivity (Wildman–Crippen MR) is 98.1 cm³/mol. The fourth-order valence-corrected chi connectivity index (χ4v) is 2.72. The van der Waals surface area contributed by atoms with Crippen molar-refractivity contribution in [3.63, 3.8) is 0 Å². The van der Waals surface area contributed by atoms with Crippen LogP contribution < -0.4 is 10.1 Å². The van der Waals surface area contributed by atoms with E-state index in [1.807, 2.05) is 0 Å². The molecule has 1 aromatic heterocycles. The first-order valence-corrected chi connectivity index (χ1v) is 8.46. The van der Waals surface area contributed by atoms with Crippen molar-refractivity contribution in [3.8, 4) is 11.4 Å². The Bertz CT molecular complexity index is 1040. The Kier molecular flexibility index (Phi) is 5.67. The molecular formula is C20H16F3N3O3. The van der Waals surface area contributed by atoms with Gasteiger partial charge < -0.3 is 10.1 Å². The fraction of sp³-hybridized carbons (Fsp3) is 0.150. The zero-order chi connectivity index (χ0) is 21.0. The smallest absolute Gasteiger partial charge is 0.435 e. The molecule has 29 heavy (non-hydrogen) atoms. The van der Waals surface area contributed by atoms with Gasteiger partial charge in [0.25, 0.3) is 5.91 Å². The van der Waals surface area contributed by atoms with E-state index in [4.69, 9.17) is 4.74 Å². The Hall–Kier alpha value is -3.62. The number of para-hydroxylation sites is 1. The molecule has 0 unspecified atom stereocenters. The third-order valence-corrected chi connectivity index (χ3v) is 4.12. The van der Waals surface area contributed by atoms with Gasteiger partial charge in [0.15, 0.2) is 5.69 Å². The van der Waals surface area contributed by atoms with E-state index in [9.17, 15) is 22.8 Å². The normalized spacial score (nSPS) is 11.2. The van der Waals surface area contributed by atoms with Crippen LogP contribution in [0.3, 0.4) is 0 Å². The Morgan fingerprint density at radius 3 is 2.62 bits per heavy atom. The van der Waals surface area contributed by atoms with Crippen LogP contribution in [0, 0.1) is 0 Å². The van der Waals surface area contributed by atoms with E-state index >= 15 is 0 Å². The van der Waals surface area contributed by atoms with Crippen molar-refractivity contribution in [2.45, 2.75) is 12.7 Å². The van der Waals surface area contributed by atoms with E-state index < -0.39 is 17.8 Å². The van der Waals surface area contributed by atoms with Crippen molar-refractivity contribution in [2.75, 3.05) is 7.11 Å². The van der Waals surface area contributed by atoms with Gasteiger partial charge in [-0.25, -0.2) is 4.68 Å². The topological polar surface area (TPSA) is 73.2 Å². The number of alkyl halides is 3. The number of nitrogens with zero attached hydrogens (tertiary/aromatic N) is 2. The summed E-state index contributed by atoms with van der Waals surface area (Å²) < 4.78 is 45.6. The molecule has 3 rings (SSSR count). The number of methoxy groups -OCH3 is 1. The van der Waals surface area contributed by atoms with Crippen molar-refractivity contribution < 1.29 is 27.5 Å². The number of hydrogen-bond acceptors (Lipinski definition) is 4. The molecule has 1 N–H and O–H groups in total. The van der Waals surface area contributed by atoms with Crippen LogP contribution in [-0.4, -0.2) is 29.1 Å². The highest BCUT2D eigenvalue weighted by molar-refractivity contribution is 5.93. The van der Waals surface area contributed by atoms with E-state index in [1.165, 1.54) is 31.4 Å². The highest BCUT2D eigenvalue weighted by Crippen LogP contribution is 2.29. The number of rotatable bonds is 6. The van der Waals surface area contributed by atoms with Gasteiger partial charge in [-0.3, -0.25) is 9.59 Å². The molecule has 0 bridgehead atoms. The lowest BCUT2D eigenvalue weighted by Gasteiger charge is -2.11. The number of amides is 1. The zero-order valence-electron chi connectivity index (χ0n) is 15.2. The van der Waals surface area contributed by atoms with Crippen molar-refractivity contribution >= 4 is 12.2 Å². The number of aldehydes is 1. The maximum Gasteiger partial charge on any atom is 0.435 e. The summed E-state index contributed by atoms with van der Waals surface area (Å²) in [4.78, 5) is 23.6. The minimum atomic E-state index is -4.73. The number of nitrogens with one attached hydrogen (secondary N) is 1. The maximum absolute atomic E-state index is 13.2. The summed E-state index contributed by atoms with van der Waals surface area (Å²) in [6.07, 6.45) is -4.18. The van der Waals surface area contributed by atoms with Gasteiger partial charge in [-0.2, -0.15) is 18.3 Å². The lowest BCUT2D eigenvalue weighted by atomic mass is 10.2. The first-order chi connectivity index (χ1) is 13.8. The molecule has 0 saturated heterocycles. The number of hydrogen-bond donors (Lipinski definition) is 1. The van der Waals surface area contributed by atoms with Gasteiger partial charge in [0.05, 0.1) is 12.8 Å². The average molecular weight is 403 g/mol. The van der Waals surface area contributed by atoms with E-state index in [0.29, 0.717) is 23.7 Å². The molecule has 0 atom stereocenters. The summed E-state index contributed by atoms with van der Waals surface area (Å²) in [5.74, 6) is -0.216. The van der Waals surface area contributed by atoms with Gasteiger partial charge in [0.1, 0.15) is 17.7 Å². The third-order valence-electron chi connectivity index (χ3n) is 4.12. The van der Waals surface area contributed by atoms with Crippen LogP contribution >= 0.6 is 0 Å². The Labute approximate surface area is 163 Å². The highest BCUT2D eigenvalue weighted by Gasteiger charge is 2.36. The number of aromatic nitrogens is 2. The second-order valence-corrected chi connectivity index (χ2v) is 6.03. The Morgan fingerprint density at radius 2 is 1.93 bits per heavy atom. The summed E-state index contributed by atoms with van der Waals surface area (Å²) in [5, 5.41) is 6.10. The summed E-state index contributed by atoms with van der Waals surface area (Å²) in [7, 11) is 1.48. The van der Waals surface area contributed by atoms with Crippen LogP contribution in [0.5, 0.6) is 5.75 Å². The van der Waals surface area contributed by atoms with Crippen molar-refractivity contribution in [2.24, 2.45) is 0 Å². The first kappa shape index (κ1) is 20.1. The van der Waals surface area contributed by atoms with Gasteiger partial charge >= 0.3 is 6.18 Å². The van der Waals surface area contributed by atoms with Gasteiger partial charge in [-0.05, 0) is 18.2 Å². The maximum atomic E-state index is 13.2. The second kappa shape index (κ2) is 8.17. The van der Waals surface area contributed by atoms with Crippen molar-refractivity contribution in [3.05, 3.63) is 77.1 Å². The molecule has 9 heteroatoms. The van der Waals surface area contributed by atoms with Crippen molar-refractivity contribution in [1.29, 1.82) is 0 Å². The number of carbonyl (C=O) groups excluding carboxylic acids is 2. The quantitative estimate of drug-likeness (QED) is 0.638. The first-order valence-electron chi connectivity index (χ1n) is 8.46. The molecule has 1 heterocycles. The predicted octanol–water partition coefficient (Wildman–Crippen LogP) is 3.64. The monoisotopic (exact) mass is 403 g/mol. The van der Waals surface area contributed by atoms with Crippen LogP contribution in [0.4, 0.5) is 13.2 Å².